The van der Waals surface area contributed by atoms with Gasteiger partial charge in [0.2, 0.25) is 5.91 Å². The van der Waals surface area contributed by atoms with Crippen LogP contribution in [-0.2, 0) is 14.6 Å². The molecular formula is C14H18BrN3O4S. The van der Waals surface area contributed by atoms with E-state index in [1.54, 1.807) is 17.2 Å². The Morgan fingerprint density at radius 3 is 2.57 bits per heavy atom. The van der Waals surface area contributed by atoms with E-state index in [2.05, 4.69) is 26.2 Å². The Bertz CT molecular complexity index is 700. The maximum Gasteiger partial charge on any atom is 0.255 e. The van der Waals surface area contributed by atoms with Crippen LogP contribution in [0.4, 0.5) is 0 Å². The second kappa shape index (κ2) is 7.39. The van der Waals surface area contributed by atoms with Crippen molar-refractivity contribution in [2.75, 3.05) is 25.9 Å². The molecule has 23 heavy (non-hydrogen) atoms. The third-order valence-electron chi connectivity index (χ3n) is 3.80. The number of carbonyl (C=O) groups excluding carboxylic acids is 2. The quantitative estimate of drug-likeness (QED) is 0.794. The highest BCUT2D eigenvalue weighted by atomic mass is 79.9. The highest BCUT2D eigenvalue weighted by Crippen LogP contribution is 2.21. The number of halogens is 1. The van der Waals surface area contributed by atoms with Crippen LogP contribution in [0.3, 0.4) is 0 Å². The number of sulfone groups is 1. The van der Waals surface area contributed by atoms with Crippen molar-refractivity contribution >= 4 is 37.6 Å². The molecule has 1 aromatic heterocycles. The van der Waals surface area contributed by atoms with Gasteiger partial charge in [-0.15, -0.1) is 0 Å². The average molecular weight is 404 g/mol. The van der Waals surface area contributed by atoms with Crippen molar-refractivity contribution in [2.24, 2.45) is 0 Å². The standard InChI is InChI=1S/C14H18BrN3O4S/c1-16-13(19)9-23(21,22)12-2-4-18(5-3-12)14(20)10-6-11(15)8-17-7-10/h6-8,12H,2-5,9H2,1H3,(H,16,19). The second-order valence-electron chi connectivity index (χ2n) is 5.36. The number of amides is 2. The minimum atomic E-state index is -3.49. The summed E-state index contributed by atoms with van der Waals surface area (Å²) in [5, 5.41) is 1.74. The molecule has 9 heteroatoms. The molecule has 2 rings (SSSR count). The van der Waals surface area contributed by atoms with Gasteiger partial charge in [0.25, 0.3) is 5.91 Å². The highest BCUT2D eigenvalue weighted by molar-refractivity contribution is 9.10. The van der Waals surface area contributed by atoms with E-state index in [-0.39, 0.29) is 5.91 Å². The Kier molecular flexibility index (Phi) is 5.74. The Balaban J connectivity index is 1.98. The van der Waals surface area contributed by atoms with Gasteiger partial charge in [0.05, 0.1) is 10.8 Å². The predicted octanol–water partition coefficient (Wildman–Crippen LogP) is 0.610. The minimum Gasteiger partial charge on any atom is -0.358 e. The van der Waals surface area contributed by atoms with E-state index in [1.807, 2.05) is 0 Å². The summed E-state index contributed by atoms with van der Waals surface area (Å²) in [5.41, 5.74) is 0.464. The number of hydrogen-bond acceptors (Lipinski definition) is 5. The van der Waals surface area contributed by atoms with Gasteiger partial charge < -0.3 is 10.2 Å². The van der Waals surface area contributed by atoms with Crippen LogP contribution in [0.25, 0.3) is 0 Å². The summed E-state index contributed by atoms with van der Waals surface area (Å²) in [4.78, 5) is 29.3. The zero-order valence-corrected chi connectivity index (χ0v) is 15.1. The van der Waals surface area contributed by atoms with Gasteiger partial charge in [-0.25, -0.2) is 8.42 Å². The number of nitrogens with one attached hydrogen (secondary N) is 1. The molecule has 0 radical (unpaired) electrons. The average Bonchev–Trinajstić information content (AvgIpc) is 2.53. The largest absolute Gasteiger partial charge is 0.358 e. The van der Waals surface area contributed by atoms with Gasteiger partial charge in [0, 0.05) is 37.0 Å². The SMILES string of the molecule is CNC(=O)CS(=O)(=O)C1CCN(C(=O)c2cncc(Br)c2)CC1. The second-order valence-corrected chi connectivity index (χ2v) is 8.56. The summed E-state index contributed by atoms with van der Waals surface area (Å²) in [7, 11) is -2.08. The zero-order chi connectivity index (χ0) is 17.0. The summed E-state index contributed by atoms with van der Waals surface area (Å²) in [6.45, 7) is 0.700. The van der Waals surface area contributed by atoms with Crippen LogP contribution in [0.1, 0.15) is 23.2 Å². The Morgan fingerprint density at radius 1 is 1.35 bits per heavy atom. The highest BCUT2D eigenvalue weighted by Gasteiger charge is 2.33. The van der Waals surface area contributed by atoms with Crippen LogP contribution < -0.4 is 5.32 Å². The van der Waals surface area contributed by atoms with Gasteiger partial charge in [0.1, 0.15) is 5.75 Å². The molecule has 0 unspecified atom stereocenters. The molecule has 0 aromatic carbocycles. The van der Waals surface area contributed by atoms with Gasteiger partial charge in [-0.1, -0.05) is 0 Å². The van der Waals surface area contributed by atoms with E-state index in [4.69, 9.17) is 0 Å². The number of aromatic nitrogens is 1. The number of pyridine rings is 1. The molecular weight excluding hydrogens is 386 g/mol. The smallest absolute Gasteiger partial charge is 0.255 e. The molecule has 1 aliphatic heterocycles. The molecule has 0 aliphatic carbocycles. The fourth-order valence-corrected chi connectivity index (χ4v) is 4.54. The first-order chi connectivity index (χ1) is 10.8. The molecule has 0 saturated carbocycles. The fraction of sp³-hybridized carbons (Fsp3) is 0.500. The predicted molar refractivity (Wildman–Crippen MR) is 88.7 cm³/mol. The maximum atomic E-state index is 12.4. The molecule has 0 atom stereocenters. The van der Waals surface area contributed by atoms with Gasteiger partial charge >= 0.3 is 0 Å². The minimum absolute atomic E-state index is 0.166. The third-order valence-corrected chi connectivity index (χ3v) is 6.39. The Morgan fingerprint density at radius 2 is 2.00 bits per heavy atom. The lowest BCUT2D eigenvalue weighted by molar-refractivity contribution is -0.118. The van der Waals surface area contributed by atoms with E-state index in [0.29, 0.717) is 36.0 Å². The van der Waals surface area contributed by atoms with Gasteiger partial charge in [-0.2, -0.15) is 0 Å². The lowest BCUT2D eigenvalue weighted by Gasteiger charge is -2.31. The molecule has 0 bridgehead atoms. The molecule has 1 aromatic rings. The van der Waals surface area contributed by atoms with Crippen molar-refractivity contribution in [3.63, 3.8) is 0 Å². The van der Waals surface area contributed by atoms with E-state index >= 15 is 0 Å². The summed E-state index contributed by atoms with van der Waals surface area (Å²) >= 11 is 3.27. The van der Waals surface area contributed by atoms with Crippen molar-refractivity contribution in [3.8, 4) is 0 Å². The van der Waals surface area contributed by atoms with Crippen LogP contribution >= 0.6 is 15.9 Å². The van der Waals surface area contributed by atoms with Crippen molar-refractivity contribution < 1.29 is 18.0 Å². The molecule has 2 heterocycles. The molecule has 1 saturated heterocycles. The number of likely N-dealkylation sites (tertiary alicyclic amines) is 1. The van der Waals surface area contributed by atoms with Gasteiger partial charge in [-0.05, 0) is 34.8 Å². The van der Waals surface area contributed by atoms with E-state index in [1.165, 1.54) is 13.2 Å². The fourth-order valence-electron chi connectivity index (χ4n) is 2.50. The first-order valence-electron chi connectivity index (χ1n) is 7.15. The maximum absolute atomic E-state index is 12.4. The molecule has 126 valence electrons. The van der Waals surface area contributed by atoms with Gasteiger partial charge in [-0.3, -0.25) is 14.6 Å². The van der Waals surface area contributed by atoms with Crippen molar-refractivity contribution in [2.45, 2.75) is 18.1 Å². The first kappa shape index (κ1) is 17.9. The van der Waals surface area contributed by atoms with Crippen molar-refractivity contribution in [3.05, 3.63) is 28.5 Å². The van der Waals surface area contributed by atoms with Crippen LogP contribution in [0.5, 0.6) is 0 Å². The van der Waals surface area contributed by atoms with Crippen LogP contribution in [-0.4, -0.2) is 61.3 Å². The Labute approximate surface area is 143 Å². The van der Waals surface area contributed by atoms with Crippen LogP contribution in [0, 0.1) is 0 Å². The topological polar surface area (TPSA) is 96.4 Å². The Hall–Kier alpha value is -1.48. The molecule has 1 aliphatic rings. The molecule has 1 N–H and O–H groups in total. The third kappa shape index (κ3) is 4.51. The van der Waals surface area contributed by atoms with Crippen LogP contribution in [0.2, 0.25) is 0 Å². The van der Waals surface area contributed by atoms with Crippen molar-refractivity contribution in [1.29, 1.82) is 0 Å². The molecule has 0 spiro atoms. The molecule has 7 nitrogen and oxygen atoms in total. The summed E-state index contributed by atoms with van der Waals surface area (Å²) < 4.78 is 25.0. The monoisotopic (exact) mass is 403 g/mol. The lowest BCUT2D eigenvalue weighted by atomic mass is 10.1. The number of carbonyl (C=O) groups is 2. The zero-order valence-electron chi connectivity index (χ0n) is 12.7. The van der Waals surface area contributed by atoms with E-state index < -0.39 is 26.7 Å². The van der Waals surface area contributed by atoms with E-state index in [9.17, 15) is 18.0 Å². The summed E-state index contributed by atoms with van der Waals surface area (Å²) in [6.07, 6.45) is 3.76. The lowest BCUT2D eigenvalue weighted by Crippen LogP contribution is -2.44. The first-order valence-corrected chi connectivity index (χ1v) is 9.66. The van der Waals surface area contributed by atoms with Gasteiger partial charge in [0.15, 0.2) is 9.84 Å². The number of nitrogens with zero attached hydrogens (tertiary/aromatic N) is 2. The van der Waals surface area contributed by atoms with E-state index in [0.717, 1.165) is 0 Å². The number of hydrogen-bond donors (Lipinski definition) is 1. The van der Waals surface area contributed by atoms with Crippen molar-refractivity contribution in [1.82, 2.24) is 15.2 Å². The van der Waals surface area contributed by atoms with Crippen LogP contribution in [0.15, 0.2) is 22.9 Å². The normalized spacial score (nSPS) is 16.2. The number of rotatable bonds is 4. The molecule has 2 amide bonds. The number of piperidine rings is 1. The summed E-state index contributed by atoms with van der Waals surface area (Å²) in [5.74, 6) is -1.18. The summed E-state index contributed by atoms with van der Waals surface area (Å²) in [6, 6.07) is 1.68. The molecule has 1 fully saturated rings.